The fourth-order valence-corrected chi connectivity index (χ4v) is 2.13. The molecule has 26 heavy (non-hydrogen) atoms. The second kappa shape index (κ2) is 7.43. The molecule has 0 fully saturated rings. The predicted molar refractivity (Wildman–Crippen MR) is 96.5 cm³/mol. The molecule has 0 saturated heterocycles. The number of nitrogens with zero attached hydrogens (tertiary/aromatic N) is 2. The van der Waals surface area contributed by atoms with Crippen molar-refractivity contribution in [3.05, 3.63) is 74.7 Å². The second-order valence-corrected chi connectivity index (χ2v) is 5.42. The smallest absolute Gasteiger partial charge is 0.269 e. The zero-order valence-corrected chi connectivity index (χ0v) is 13.8. The van der Waals surface area contributed by atoms with Gasteiger partial charge in [-0.25, -0.2) is 4.39 Å². The number of aryl methyl sites for hydroxylation is 1. The van der Waals surface area contributed by atoms with Crippen molar-refractivity contribution in [2.45, 2.75) is 6.92 Å². The van der Waals surface area contributed by atoms with E-state index in [0.717, 1.165) is 6.07 Å². The topological polar surface area (TPSA) is 151 Å². The molecule has 2 aromatic carbocycles. The highest BCUT2D eigenvalue weighted by Gasteiger charge is 2.15. The zero-order chi connectivity index (χ0) is 19.4. The summed E-state index contributed by atoms with van der Waals surface area (Å²) in [6.45, 7) is 1.54. The number of hydrogen-bond donors (Lipinski definition) is 3. The van der Waals surface area contributed by atoms with Crippen LogP contribution in [0.3, 0.4) is 0 Å². The van der Waals surface area contributed by atoms with Crippen LogP contribution in [0.1, 0.15) is 16.7 Å². The number of nitro groups is 1. The number of nitrogens with two attached hydrogens (primary N) is 3. The van der Waals surface area contributed by atoms with Crippen molar-refractivity contribution in [3.8, 4) is 0 Å². The van der Waals surface area contributed by atoms with E-state index in [9.17, 15) is 19.3 Å². The van der Waals surface area contributed by atoms with E-state index in [-0.39, 0.29) is 22.6 Å². The van der Waals surface area contributed by atoms with Crippen LogP contribution in [0.5, 0.6) is 0 Å². The van der Waals surface area contributed by atoms with Crippen LogP contribution in [0.25, 0.3) is 5.70 Å². The number of carbonyl (C=O) groups excluding carboxylic acids is 1. The molecule has 2 aromatic rings. The van der Waals surface area contributed by atoms with Gasteiger partial charge in [-0.05, 0) is 42.3 Å². The maximum Gasteiger partial charge on any atom is 0.269 e. The Morgan fingerprint density at radius 3 is 2.38 bits per heavy atom. The van der Waals surface area contributed by atoms with Crippen LogP contribution in [0.4, 0.5) is 15.8 Å². The number of nitro benzene ring substituents is 1. The van der Waals surface area contributed by atoms with Crippen LogP contribution >= 0.6 is 0 Å². The summed E-state index contributed by atoms with van der Waals surface area (Å²) in [4.78, 5) is 25.7. The summed E-state index contributed by atoms with van der Waals surface area (Å²) in [6, 6.07) is 8.01. The lowest BCUT2D eigenvalue weighted by Gasteiger charge is -2.10. The molecule has 2 rings (SSSR count). The summed E-state index contributed by atoms with van der Waals surface area (Å²) in [7, 11) is 0. The second-order valence-electron chi connectivity index (χ2n) is 5.42. The molecule has 0 atom stereocenters. The molecule has 9 heteroatoms. The van der Waals surface area contributed by atoms with Gasteiger partial charge in [-0.15, -0.1) is 0 Å². The molecular weight excluding hydrogens is 341 g/mol. The number of hydrogen-bond acceptors (Lipinski definition) is 6. The molecule has 0 heterocycles. The van der Waals surface area contributed by atoms with E-state index >= 15 is 0 Å². The number of nitrogen functional groups attached to an aromatic ring is 1. The van der Waals surface area contributed by atoms with Crippen LogP contribution in [0, 0.1) is 22.9 Å². The number of carbonyl (C=O) groups is 1. The first-order valence-electron chi connectivity index (χ1n) is 7.34. The highest BCUT2D eigenvalue weighted by Crippen LogP contribution is 2.27. The van der Waals surface area contributed by atoms with Crippen LogP contribution in [-0.2, 0) is 4.79 Å². The van der Waals surface area contributed by atoms with E-state index in [1.807, 2.05) is 0 Å². The number of non-ortho nitro benzene ring substituents is 1. The van der Waals surface area contributed by atoms with Crippen molar-refractivity contribution in [3.63, 3.8) is 0 Å². The maximum absolute atomic E-state index is 13.9. The summed E-state index contributed by atoms with van der Waals surface area (Å²) in [6.07, 6.45) is 1.31. The summed E-state index contributed by atoms with van der Waals surface area (Å²) < 4.78 is 13.9. The number of primary amides is 1. The van der Waals surface area contributed by atoms with E-state index in [2.05, 4.69) is 4.99 Å². The molecular formula is C17H16FN5O3. The highest BCUT2D eigenvalue weighted by molar-refractivity contribution is 6.02. The van der Waals surface area contributed by atoms with Crippen LogP contribution in [0.15, 0.2) is 47.1 Å². The fourth-order valence-electron chi connectivity index (χ4n) is 2.13. The Morgan fingerprint density at radius 2 is 1.85 bits per heavy atom. The van der Waals surface area contributed by atoms with Gasteiger partial charge in [0.05, 0.1) is 4.92 Å². The largest absolute Gasteiger partial charge is 0.398 e. The van der Waals surface area contributed by atoms with Gasteiger partial charge in [0.25, 0.3) is 11.6 Å². The highest BCUT2D eigenvalue weighted by atomic mass is 19.1. The summed E-state index contributed by atoms with van der Waals surface area (Å²) in [5.41, 5.74) is 17.3. The first-order chi connectivity index (χ1) is 12.2. The molecule has 0 radical (unpaired) electrons. The van der Waals surface area contributed by atoms with E-state index in [1.165, 1.54) is 43.5 Å². The van der Waals surface area contributed by atoms with Crippen LogP contribution in [0.2, 0.25) is 0 Å². The van der Waals surface area contributed by atoms with Gasteiger partial charge in [0, 0.05) is 29.6 Å². The van der Waals surface area contributed by atoms with Gasteiger partial charge in [-0.3, -0.25) is 19.9 Å². The third-order valence-electron chi connectivity index (χ3n) is 3.55. The molecule has 0 aliphatic carbocycles. The number of anilines is 1. The minimum atomic E-state index is -0.943. The number of rotatable bonds is 5. The lowest BCUT2D eigenvalue weighted by molar-refractivity contribution is -0.384. The zero-order valence-electron chi connectivity index (χ0n) is 13.8. The Kier molecular flexibility index (Phi) is 5.31. The average Bonchev–Trinajstić information content (AvgIpc) is 2.59. The minimum Gasteiger partial charge on any atom is -0.398 e. The summed E-state index contributed by atoms with van der Waals surface area (Å²) in [5.74, 6) is -1.49. The van der Waals surface area contributed by atoms with E-state index in [4.69, 9.17) is 17.2 Å². The predicted octanol–water partition coefficient (Wildman–Crippen LogP) is 1.86. The Bertz CT molecular complexity index is 936. The molecule has 6 N–H and O–H groups in total. The van der Waals surface area contributed by atoms with Gasteiger partial charge < -0.3 is 17.2 Å². The average molecular weight is 357 g/mol. The molecule has 0 aliphatic heterocycles. The summed E-state index contributed by atoms with van der Waals surface area (Å²) >= 11 is 0. The van der Waals surface area contributed by atoms with E-state index < -0.39 is 22.3 Å². The van der Waals surface area contributed by atoms with Crippen LogP contribution < -0.4 is 17.2 Å². The third kappa shape index (κ3) is 4.01. The normalized spacial score (nSPS) is 12.1. The number of amides is 1. The van der Waals surface area contributed by atoms with Crippen molar-refractivity contribution < 1.29 is 14.1 Å². The van der Waals surface area contributed by atoms with Crippen molar-refractivity contribution in [1.82, 2.24) is 0 Å². The van der Waals surface area contributed by atoms with E-state index in [1.54, 1.807) is 0 Å². The molecule has 0 spiro atoms. The van der Waals surface area contributed by atoms with Crippen LogP contribution in [-0.4, -0.2) is 17.0 Å². The summed E-state index contributed by atoms with van der Waals surface area (Å²) in [5, 5.41) is 10.7. The Balaban J connectivity index is 2.51. The number of aliphatic imine (C=N–C) groups is 1. The van der Waals surface area contributed by atoms with Crippen molar-refractivity contribution >= 4 is 29.2 Å². The Hall–Kier alpha value is -3.75. The van der Waals surface area contributed by atoms with Gasteiger partial charge in [0.15, 0.2) is 0 Å². The fraction of sp³-hybridized carbons (Fsp3) is 0.0588. The first kappa shape index (κ1) is 18.6. The Labute approximate surface area is 148 Å². The van der Waals surface area contributed by atoms with Gasteiger partial charge in [-0.1, -0.05) is 0 Å². The maximum atomic E-state index is 13.9. The lowest BCUT2D eigenvalue weighted by atomic mass is 10.0. The lowest BCUT2D eigenvalue weighted by Crippen LogP contribution is -2.22. The molecule has 134 valence electrons. The number of halogens is 1. The SMILES string of the molecule is Cc1cc(N)c(/C(N=Cc2ccc([N+](=O)[O-])cc2)=C(\N)C(N)=O)cc1F. The first-order valence-corrected chi connectivity index (χ1v) is 7.34. The van der Waals surface area contributed by atoms with Gasteiger partial charge in [-0.2, -0.15) is 0 Å². The molecule has 8 nitrogen and oxygen atoms in total. The van der Waals surface area contributed by atoms with E-state index in [0.29, 0.717) is 11.1 Å². The Morgan fingerprint density at radius 1 is 1.23 bits per heavy atom. The standard InChI is InChI=1S/C17H16FN5O3/c1-9-6-14(19)12(7-13(9)18)16(15(20)17(21)24)22-8-10-2-4-11(5-3-10)23(25)26/h2-8H,19-20H2,1H3,(H2,21,24)/b16-15+,22-8?. The molecule has 0 bridgehead atoms. The molecule has 0 saturated carbocycles. The van der Waals surface area contributed by atoms with Gasteiger partial charge in [0.2, 0.25) is 0 Å². The minimum absolute atomic E-state index is 0.0839. The molecule has 0 aromatic heterocycles. The molecule has 1 amide bonds. The van der Waals surface area contributed by atoms with Gasteiger partial charge >= 0.3 is 0 Å². The van der Waals surface area contributed by atoms with Gasteiger partial charge in [0.1, 0.15) is 17.2 Å². The third-order valence-corrected chi connectivity index (χ3v) is 3.55. The molecule has 0 unspecified atom stereocenters. The molecule has 0 aliphatic rings. The monoisotopic (exact) mass is 357 g/mol. The number of benzene rings is 2. The van der Waals surface area contributed by atoms with Crippen molar-refractivity contribution in [2.24, 2.45) is 16.5 Å². The van der Waals surface area contributed by atoms with Crippen molar-refractivity contribution in [1.29, 1.82) is 0 Å². The quantitative estimate of drug-likeness (QED) is 0.245. The van der Waals surface area contributed by atoms with Crippen molar-refractivity contribution in [2.75, 3.05) is 5.73 Å².